The van der Waals surface area contributed by atoms with E-state index in [1.807, 2.05) is 57.2 Å². The molecule has 1 aromatic rings. The first-order chi connectivity index (χ1) is 14.7. The van der Waals surface area contributed by atoms with Crippen molar-refractivity contribution in [1.82, 2.24) is 5.32 Å². The van der Waals surface area contributed by atoms with Gasteiger partial charge in [0.15, 0.2) is 0 Å². The minimum atomic E-state index is -0.612. The molecule has 0 radical (unpaired) electrons. The number of carbonyl (C=O) groups excluding carboxylic acids is 2. The summed E-state index contributed by atoms with van der Waals surface area (Å²) in [4.78, 5) is 30.5. The predicted molar refractivity (Wildman–Crippen MR) is 124 cm³/mol. The molecule has 0 aromatic heterocycles. The summed E-state index contributed by atoms with van der Waals surface area (Å²) in [5.74, 6) is -1.57. The third-order valence-electron chi connectivity index (χ3n) is 5.56. The zero-order valence-electron chi connectivity index (χ0n) is 18.4. The van der Waals surface area contributed by atoms with Crippen molar-refractivity contribution in [3.63, 3.8) is 0 Å². The van der Waals surface area contributed by atoms with Crippen molar-refractivity contribution in [3.8, 4) is 0 Å². The Labute approximate surface area is 191 Å². The molecule has 2 aliphatic rings. The average molecular weight is 487 g/mol. The number of ether oxygens (including phenoxy) is 2. The molecule has 1 aromatic carbocycles. The molecule has 2 heterocycles. The van der Waals surface area contributed by atoms with Crippen molar-refractivity contribution >= 4 is 33.6 Å². The molecule has 0 saturated carbocycles. The molecular formula is C24H27BrN2O4. The monoisotopic (exact) mass is 486 g/mol. The molecule has 31 heavy (non-hydrogen) atoms. The molecule has 0 fully saturated rings. The SMILES string of the molecule is COC(=O)C1=C(C)NC(C)=C(C(=O)OCCC2(C)C=CC(C)=N2)C1c1ccccc1Br. The molecule has 2 unspecified atom stereocenters. The number of rotatable bonds is 6. The molecule has 7 heteroatoms. The zero-order valence-corrected chi connectivity index (χ0v) is 20.0. The Morgan fingerprint density at radius 2 is 1.77 bits per heavy atom. The Kier molecular flexibility index (Phi) is 6.84. The van der Waals surface area contributed by atoms with Gasteiger partial charge in [-0.3, -0.25) is 4.99 Å². The van der Waals surface area contributed by atoms with Crippen LogP contribution in [0.1, 0.15) is 45.6 Å². The van der Waals surface area contributed by atoms with Gasteiger partial charge in [0.2, 0.25) is 0 Å². The summed E-state index contributed by atoms with van der Waals surface area (Å²) >= 11 is 3.56. The van der Waals surface area contributed by atoms with E-state index < -0.39 is 17.9 Å². The standard InChI is InChI=1S/C24H27BrN2O4/c1-14-10-11-24(4,27-14)12-13-31-23(29)20-16(3)26-15(2)19(22(28)30-5)21(20)17-8-6-7-9-18(17)25/h6-11,21,26H,12-13H2,1-5H3. The summed E-state index contributed by atoms with van der Waals surface area (Å²) in [6.07, 6.45) is 4.57. The Hall–Kier alpha value is -2.67. The number of benzene rings is 1. The minimum Gasteiger partial charge on any atom is -0.466 e. The van der Waals surface area contributed by atoms with Crippen LogP contribution in [0.2, 0.25) is 0 Å². The predicted octanol–water partition coefficient (Wildman–Crippen LogP) is 4.58. The Bertz CT molecular complexity index is 1040. The highest BCUT2D eigenvalue weighted by Gasteiger charge is 2.38. The molecule has 3 rings (SSSR count). The highest BCUT2D eigenvalue weighted by Crippen LogP contribution is 2.41. The smallest absolute Gasteiger partial charge is 0.336 e. The van der Waals surface area contributed by atoms with Crippen molar-refractivity contribution in [2.75, 3.05) is 13.7 Å². The van der Waals surface area contributed by atoms with Crippen molar-refractivity contribution in [3.05, 3.63) is 69.0 Å². The molecule has 1 N–H and O–H groups in total. The van der Waals surface area contributed by atoms with E-state index in [-0.39, 0.29) is 12.1 Å². The maximum absolute atomic E-state index is 13.2. The van der Waals surface area contributed by atoms with Crippen LogP contribution in [0, 0.1) is 0 Å². The molecule has 6 nitrogen and oxygen atoms in total. The van der Waals surface area contributed by atoms with E-state index in [1.165, 1.54) is 7.11 Å². The van der Waals surface area contributed by atoms with Gasteiger partial charge in [0.05, 0.1) is 36.3 Å². The van der Waals surface area contributed by atoms with Crippen LogP contribution in [0.15, 0.2) is 68.4 Å². The number of allylic oxidation sites excluding steroid dienone is 3. The topological polar surface area (TPSA) is 77.0 Å². The lowest BCUT2D eigenvalue weighted by molar-refractivity contribution is -0.139. The van der Waals surface area contributed by atoms with Crippen molar-refractivity contribution in [2.45, 2.75) is 45.6 Å². The molecule has 0 amide bonds. The molecule has 2 atom stereocenters. The molecule has 0 aliphatic carbocycles. The number of halogens is 1. The van der Waals surface area contributed by atoms with Gasteiger partial charge in [-0.05, 0) is 45.4 Å². The van der Waals surface area contributed by atoms with E-state index in [9.17, 15) is 9.59 Å². The maximum Gasteiger partial charge on any atom is 0.336 e. The Morgan fingerprint density at radius 1 is 1.13 bits per heavy atom. The lowest BCUT2D eigenvalue weighted by Crippen LogP contribution is -2.33. The lowest BCUT2D eigenvalue weighted by atomic mass is 9.80. The summed E-state index contributed by atoms with van der Waals surface area (Å²) < 4.78 is 11.5. The zero-order chi connectivity index (χ0) is 22.8. The summed E-state index contributed by atoms with van der Waals surface area (Å²) in [6.45, 7) is 7.78. The number of nitrogens with zero attached hydrogens (tertiary/aromatic N) is 1. The third-order valence-corrected chi connectivity index (χ3v) is 6.28. The van der Waals surface area contributed by atoms with Crippen LogP contribution in [0.3, 0.4) is 0 Å². The van der Waals surface area contributed by atoms with Gasteiger partial charge in [0.25, 0.3) is 0 Å². The van der Waals surface area contributed by atoms with Crippen LogP contribution >= 0.6 is 15.9 Å². The number of esters is 2. The van der Waals surface area contributed by atoms with Crippen LogP contribution in [0.5, 0.6) is 0 Å². The van der Waals surface area contributed by atoms with E-state index in [0.29, 0.717) is 29.0 Å². The molecule has 0 bridgehead atoms. The summed E-state index contributed by atoms with van der Waals surface area (Å²) in [5, 5.41) is 3.15. The number of methoxy groups -OCH3 is 1. The molecule has 2 aliphatic heterocycles. The second-order valence-electron chi connectivity index (χ2n) is 7.98. The van der Waals surface area contributed by atoms with E-state index in [4.69, 9.17) is 9.47 Å². The number of carbonyl (C=O) groups is 2. The van der Waals surface area contributed by atoms with Crippen LogP contribution in [0.25, 0.3) is 0 Å². The highest BCUT2D eigenvalue weighted by molar-refractivity contribution is 9.10. The molecule has 0 spiro atoms. The van der Waals surface area contributed by atoms with E-state index in [0.717, 1.165) is 15.7 Å². The fourth-order valence-corrected chi connectivity index (χ4v) is 4.52. The largest absolute Gasteiger partial charge is 0.466 e. The normalized spacial score (nSPS) is 22.9. The van der Waals surface area contributed by atoms with Gasteiger partial charge < -0.3 is 14.8 Å². The van der Waals surface area contributed by atoms with Crippen LogP contribution in [0.4, 0.5) is 0 Å². The quantitative estimate of drug-likeness (QED) is 0.595. The van der Waals surface area contributed by atoms with Crippen molar-refractivity contribution in [1.29, 1.82) is 0 Å². The van der Waals surface area contributed by atoms with Gasteiger partial charge in [-0.25, -0.2) is 9.59 Å². The highest BCUT2D eigenvalue weighted by atomic mass is 79.9. The fraction of sp³-hybridized carbons (Fsp3) is 0.375. The molecular weight excluding hydrogens is 460 g/mol. The summed E-state index contributed by atoms with van der Waals surface area (Å²) in [7, 11) is 1.33. The van der Waals surface area contributed by atoms with Gasteiger partial charge in [-0.1, -0.05) is 40.2 Å². The lowest BCUT2D eigenvalue weighted by Gasteiger charge is -2.31. The van der Waals surface area contributed by atoms with Gasteiger partial charge >= 0.3 is 11.9 Å². The van der Waals surface area contributed by atoms with Crippen molar-refractivity contribution in [2.24, 2.45) is 4.99 Å². The minimum absolute atomic E-state index is 0.214. The van der Waals surface area contributed by atoms with Gasteiger partial charge in [0.1, 0.15) is 0 Å². The van der Waals surface area contributed by atoms with E-state index >= 15 is 0 Å². The third kappa shape index (κ3) is 4.82. The Balaban J connectivity index is 1.91. The number of aliphatic imine (C=N–C) groups is 1. The summed E-state index contributed by atoms with van der Waals surface area (Å²) in [5.41, 5.74) is 3.46. The average Bonchev–Trinajstić information content (AvgIpc) is 3.05. The van der Waals surface area contributed by atoms with Crippen molar-refractivity contribution < 1.29 is 19.1 Å². The fourth-order valence-electron chi connectivity index (χ4n) is 4.01. The molecule has 164 valence electrons. The van der Waals surface area contributed by atoms with E-state index in [2.05, 4.69) is 26.2 Å². The van der Waals surface area contributed by atoms with Crippen LogP contribution in [-0.2, 0) is 19.1 Å². The Morgan fingerprint density at radius 3 is 2.35 bits per heavy atom. The van der Waals surface area contributed by atoms with Crippen LogP contribution in [-0.4, -0.2) is 36.9 Å². The number of hydrogen-bond donors (Lipinski definition) is 1. The van der Waals surface area contributed by atoms with Gasteiger partial charge in [0, 0.05) is 28.0 Å². The van der Waals surface area contributed by atoms with Gasteiger partial charge in [-0.2, -0.15) is 0 Å². The molecule has 0 saturated heterocycles. The first-order valence-corrected chi connectivity index (χ1v) is 10.9. The first-order valence-electron chi connectivity index (χ1n) is 10.1. The second-order valence-corrected chi connectivity index (χ2v) is 8.83. The summed E-state index contributed by atoms with van der Waals surface area (Å²) in [6, 6.07) is 7.53. The number of nitrogens with one attached hydrogen (secondary N) is 1. The van der Waals surface area contributed by atoms with Gasteiger partial charge in [-0.15, -0.1) is 0 Å². The van der Waals surface area contributed by atoms with Crippen LogP contribution < -0.4 is 5.32 Å². The number of dihydropyridines is 1. The maximum atomic E-state index is 13.2. The number of hydrogen-bond acceptors (Lipinski definition) is 6. The second kappa shape index (κ2) is 9.22. The van der Waals surface area contributed by atoms with E-state index in [1.54, 1.807) is 6.92 Å². The first kappa shape index (κ1) is 23.0.